The van der Waals surface area contributed by atoms with E-state index in [4.69, 9.17) is 18.0 Å². The zero-order valence-corrected chi connectivity index (χ0v) is 10.00. The maximum atomic E-state index is 5.79. The van der Waals surface area contributed by atoms with Crippen molar-refractivity contribution in [1.82, 2.24) is 9.88 Å². The number of likely N-dealkylation sites (N-methyl/N-ethyl adjacent to an activating group) is 1. The van der Waals surface area contributed by atoms with E-state index < -0.39 is 0 Å². The summed E-state index contributed by atoms with van der Waals surface area (Å²) in [7, 11) is 0. The maximum absolute atomic E-state index is 5.79. The minimum absolute atomic E-state index is 0.0259. The molecule has 0 saturated carbocycles. The Kier molecular flexibility index (Phi) is 4.65. The molecule has 1 rings (SSSR count). The molecule has 15 heavy (non-hydrogen) atoms. The van der Waals surface area contributed by atoms with Crippen molar-refractivity contribution in [3.63, 3.8) is 0 Å². The van der Waals surface area contributed by atoms with Crippen LogP contribution in [0.5, 0.6) is 0 Å². The Morgan fingerprint density at radius 3 is 2.33 bits per heavy atom. The molecule has 82 valence electrons. The van der Waals surface area contributed by atoms with Crippen LogP contribution in [0.3, 0.4) is 0 Å². The summed E-state index contributed by atoms with van der Waals surface area (Å²) in [5.41, 5.74) is 6.90. The van der Waals surface area contributed by atoms with Crippen molar-refractivity contribution in [1.29, 1.82) is 0 Å². The van der Waals surface area contributed by atoms with E-state index in [9.17, 15) is 0 Å². The van der Waals surface area contributed by atoms with Gasteiger partial charge in [0.1, 0.15) is 0 Å². The van der Waals surface area contributed by atoms with Gasteiger partial charge in [0.25, 0.3) is 0 Å². The molecule has 0 saturated heterocycles. The first-order chi connectivity index (χ1) is 7.20. The monoisotopic (exact) mass is 223 g/mol. The van der Waals surface area contributed by atoms with Crippen LogP contribution >= 0.6 is 12.2 Å². The lowest BCUT2D eigenvalue weighted by Gasteiger charge is -2.28. The van der Waals surface area contributed by atoms with Crippen molar-refractivity contribution in [2.75, 3.05) is 13.1 Å². The number of pyridine rings is 1. The quantitative estimate of drug-likeness (QED) is 0.772. The molecule has 0 bridgehead atoms. The minimum Gasteiger partial charge on any atom is -0.392 e. The summed E-state index contributed by atoms with van der Waals surface area (Å²) in [5, 5.41) is 0. The summed E-state index contributed by atoms with van der Waals surface area (Å²) >= 11 is 5.12. The van der Waals surface area contributed by atoms with Gasteiger partial charge >= 0.3 is 0 Å². The molecule has 0 aliphatic heterocycles. The second kappa shape index (κ2) is 5.78. The number of thiocarbonyl (C=S) groups is 1. The molecular weight excluding hydrogens is 206 g/mol. The van der Waals surface area contributed by atoms with Gasteiger partial charge < -0.3 is 5.73 Å². The Morgan fingerprint density at radius 2 is 1.93 bits per heavy atom. The predicted molar refractivity (Wildman–Crippen MR) is 66.7 cm³/mol. The molecule has 3 nitrogen and oxygen atoms in total. The first kappa shape index (κ1) is 12.1. The van der Waals surface area contributed by atoms with Crippen LogP contribution in [0.4, 0.5) is 0 Å². The van der Waals surface area contributed by atoms with Gasteiger partial charge in [0.2, 0.25) is 0 Å². The van der Waals surface area contributed by atoms with Crippen molar-refractivity contribution in [2.24, 2.45) is 5.73 Å². The van der Waals surface area contributed by atoms with Crippen LogP contribution in [0, 0.1) is 0 Å². The molecule has 0 spiro atoms. The first-order valence-corrected chi connectivity index (χ1v) is 5.54. The van der Waals surface area contributed by atoms with Crippen LogP contribution in [0.2, 0.25) is 0 Å². The largest absolute Gasteiger partial charge is 0.392 e. The molecule has 1 heterocycles. The van der Waals surface area contributed by atoms with Gasteiger partial charge in [0.05, 0.1) is 11.0 Å². The third-order valence-corrected chi connectivity index (χ3v) is 2.69. The summed E-state index contributed by atoms with van der Waals surface area (Å²) in [4.78, 5) is 6.75. The smallest absolute Gasteiger partial charge is 0.0948 e. The van der Waals surface area contributed by atoms with Gasteiger partial charge in [-0.1, -0.05) is 26.1 Å². The first-order valence-electron chi connectivity index (χ1n) is 5.14. The zero-order valence-electron chi connectivity index (χ0n) is 9.18. The third-order valence-electron chi connectivity index (χ3n) is 2.47. The van der Waals surface area contributed by atoms with Crippen LogP contribution in [-0.4, -0.2) is 28.0 Å². The van der Waals surface area contributed by atoms with Gasteiger partial charge in [-0.3, -0.25) is 9.88 Å². The summed E-state index contributed by atoms with van der Waals surface area (Å²) < 4.78 is 0. The fraction of sp³-hybridized carbons (Fsp3) is 0.455. The number of rotatable bonds is 5. The molecule has 2 N–H and O–H groups in total. The van der Waals surface area contributed by atoms with Gasteiger partial charge in [-0.2, -0.15) is 0 Å². The topological polar surface area (TPSA) is 42.1 Å². The lowest BCUT2D eigenvalue weighted by molar-refractivity contribution is 0.272. The van der Waals surface area contributed by atoms with E-state index in [1.165, 1.54) is 0 Å². The van der Waals surface area contributed by atoms with Gasteiger partial charge in [0.15, 0.2) is 0 Å². The highest BCUT2D eigenvalue weighted by Gasteiger charge is 2.20. The van der Waals surface area contributed by atoms with Crippen molar-refractivity contribution < 1.29 is 0 Å². The molecule has 0 aromatic carbocycles. The molecule has 1 aromatic rings. The third kappa shape index (κ3) is 2.97. The predicted octanol–water partition coefficient (Wildman–Crippen LogP) is 1.75. The number of aromatic nitrogens is 1. The molecule has 0 aliphatic rings. The fourth-order valence-electron chi connectivity index (χ4n) is 1.69. The van der Waals surface area contributed by atoms with Gasteiger partial charge in [-0.25, -0.2) is 0 Å². The van der Waals surface area contributed by atoms with Crippen LogP contribution in [0.25, 0.3) is 0 Å². The molecule has 0 radical (unpaired) electrons. The highest BCUT2D eigenvalue weighted by Crippen LogP contribution is 2.19. The summed E-state index contributed by atoms with van der Waals surface area (Å²) in [6.07, 6.45) is 3.54. The Balaban J connectivity index is 2.97. The van der Waals surface area contributed by atoms with Crippen molar-refractivity contribution in [2.45, 2.75) is 19.9 Å². The Labute approximate surface area is 96.3 Å². The molecular formula is C11H17N3S. The van der Waals surface area contributed by atoms with E-state index in [0.29, 0.717) is 4.99 Å². The van der Waals surface area contributed by atoms with Crippen molar-refractivity contribution in [3.8, 4) is 0 Å². The summed E-state index contributed by atoms with van der Waals surface area (Å²) in [6.45, 7) is 6.08. The second-order valence-electron chi connectivity index (χ2n) is 3.31. The van der Waals surface area contributed by atoms with E-state index in [0.717, 1.165) is 18.7 Å². The Bertz CT molecular complexity index is 309. The highest BCUT2D eigenvalue weighted by molar-refractivity contribution is 7.80. The Morgan fingerprint density at radius 1 is 1.40 bits per heavy atom. The molecule has 1 unspecified atom stereocenters. The van der Waals surface area contributed by atoms with Crippen molar-refractivity contribution >= 4 is 17.2 Å². The zero-order chi connectivity index (χ0) is 11.3. The molecule has 0 amide bonds. The Hall–Kier alpha value is -1.00. The lowest BCUT2D eigenvalue weighted by atomic mass is 10.1. The normalized spacial score (nSPS) is 12.7. The van der Waals surface area contributed by atoms with E-state index in [1.807, 2.05) is 12.1 Å². The van der Waals surface area contributed by atoms with Crippen LogP contribution in [0.1, 0.15) is 25.5 Å². The molecule has 0 aliphatic carbocycles. The number of hydrogen-bond donors (Lipinski definition) is 1. The number of nitrogens with two attached hydrogens (primary N) is 1. The lowest BCUT2D eigenvalue weighted by Crippen LogP contribution is -2.36. The average Bonchev–Trinajstić information content (AvgIpc) is 2.26. The van der Waals surface area contributed by atoms with E-state index in [-0.39, 0.29) is 6.04 Å². The van der Waals surface area contributed by atoms with Crippen LogP contribution in [-0.2, 0) is 0 Å². The van der Waals surface area contributed by atoms with E-state index in [1.54, 1.807) is 12.4 Å². The number of nitrogens with zero attached hydrogens (tertiary/aromatic N) is 2. The van der Waals surface area contributed by atoms with E-state index in [2.05, 4.69) is 23.7 Å². The molecule has 4 heteroatoms. The SMILES string of the molecule is CCN(CC)C(C(N)=S)c1ccncc1. The molecule has 1 atom stereocenters. The summed E-state index contributed by atoms with van der Waals surface area (Å²) in [5.74, 6) is 0. The van der Waals surface area contributed by atoms with Crippen LogP contribution in [0.15, 0.2) is 24.5 Å². The van der Waals surface area contributed by atoms with Gasteiger partial charge in [-0.05, 0) is 30.8 Å². The highest BCUT2D eigenvalue weighted by atomic mass is 32.1. The standard InChI is InChI=1S/C11H17N3S/c1-3-14(4-2)10(11(12)15)9-5-7-13-8-6-9/h5-8,10H,3-4H2,1-2H3,(H2,12,15). The fourth-order valence-corrected chi connectivity index (χ4v) is 1.97. The van der Waals surface area contributed by atoms with Crippen molar-refractivity contribution in [3.05, 3.63) is 30.1 Å². The van der Waals surface area contributed by atoms with E-state index >= 15 is 0 Å². The minimum atomic E-state index is 0.0259. The van der Waals surface area contributed by atoms with Gasteiger partial charge in [0, 0.05) is 12.4 Å². The molecule has 0 fully saturated rings. The second-order valence-corrected chi connectivity index (χ2v) is 3.78. The number of hydrogen-bond acceptors (Lipinski definition) is 3. The average molecular weight is 223 g/mol. The molecule has 1 aromatic heterocycles. The maximum Gasteiger partial charge on any atom is 0.0948 e. The van der Waals surface area contributed by atoms with Crippen LogP contribution < -0.4 is 5.73 Å². The summed E-state index contributed by atoms with van der Waals surface area (Å²) in [6, 6.07) is 3.95. The van der Waals surface area contributed by atoms with Gasteiger partial charge in [-0.15, -0.1) is 0 Å².